The third-order valence-corrected chi connectivity index (χ3v) is 2.86. The Balaban J connectivity index is 2.94. The van der Waals surface area contributed by atoms with Crippen LogP contribution in [0.5, 0.6) is 5.75 Å². The van der Waals surface area contributed by atoms with Crippen molar-refractivity contribution in [1.82, 2.24) is 10.6 Å². The van der Waals surface area contributed by atoms with Crippen LogP contribution >= 0.6 is 0 Å². The highest BCUT2D eigenvalue weighted by atomic mass is 16.5. The van der Waals surface area contributed by atoms with E-state index in [0.717, 1.165) is 0 Å². The van der Waals surface area contributed by atoms with Gasteiger partial charge in [-0.2, -0.15) is 0 Å². The number of hydrogen-bond donors (Lipinski definition) is 4. The van der Waals surface area contributed by atoms with E-state index in [2.05, 4.69) is 10.6 Å². The van der Waals surface area contributed by atoms with Crippen LogP contribution in [0.25, 0.3) is 0 Å². The summed E-state index contributed by atoms with van der Waals surface area (Å²) in [5.74, 6) is -1.86. The molecule has 0 saturated heterocycles. The van der Waals surface area contributed by atoms with Gasteiger partial charge in [0.15, 0.2) is 0 Å². The summed E-state index contributed by atoms with van der Waals surface area (Å²) in [7, 11) is 1.37. The number of carboxylic acids is 1. The van der Waals surface area contributed by atoms with Crippen molar-refractivity contribution in [2.45, 2.75) is 13.0 Å². The number of aliphatic carboxylic acids is 1. The normalized spacial score (nSPS) is 11.4. The summed E-state index contributed by atoms with van der Waals surface area (Å²) in [5, 5.41) is 13.7. The first-order chi connectivity index (χ1) is 10.4. The van der Waals surface area contributed by atoms with E-state index in [1.54, 1.807) is 0 Å². The molecule has 0 aliphatic rings. The van der Waals surface area contributed by atoms with Crippen molar-refractivity contribution in [3.63, 3.8) is 0 Å². The van der Waals surface area contributed by atoms with Gasteiger partial charge in [-0.3, -0.25) is 14.4 Å². The van der Waals surface area contributed by atoms with E-state index < -0.39 is 17.9 Å². The average Bonchev–Trinajstić information content (AvgIpc) is 2.51. The summed E-state index contributed by atoms with van der Waals surface area (Å²) in [6, 6.07) is 3.21. The fraction of sp³-hybridized carbons (Fsp3) is 0.357. The molecule has 8 heteroatoms. The minimum absolute atomic E-state index is 0.195. The van der Waals surface area contributed by atoms with Gasteiger partial charge in [0.05, 0.1) is 12.7 Å². The molecule has 1 rings (SSSR count). The molecule has 1 aromatic carbocycles. The van der Waals surface area contributed by atoms with Gasteiger partial charge in [-0.25, -0.2) is 0 Å². The molecule has 0 aliphatic heterocycles. The second-order valence-corrected chi connectivity index (χ2v) is 4.49. The molecule has 8 nitrogen and oxygen atoms in total. The van der Waals surface area contributed by atoms with Gasteiger partial charge in [-0.1, -0.05) is 0 Å². The molecule has 1 atom stereocenters. The molecule has 0 spiro atoms. The third kappa shape index (κ3) is 4.45. The number of ether oxygens (including phenoxy) is 1. The first-order valence-corrected chi connectivity index (χ1v) is 6.60. The number of methoxy groups -OCH3 is 1. The lowest BCUT2D eigenvalue weighted by molar-refractivity contribution is -0.138. The van der Waals surface area contributed by atoms with Gasteiger partial charge in [0.2, 0.25) is 0 Å². The fourth-order valence-corrected chi connectivity index (χ4v) is 1.64. The van der Waals surface area contributed by atoms with Crippen molar-refractivity contribution in [2.24, 2.45) is 5.73 Å². The zero-order chi connectivity index (χ0) is 16.7. The maximum atomic E-state index is 11.9. The predicted octanol–water partition coefficient (Wildman–Crippen LogP) is -0.413. The van der Waals surface area contributed by atoms with Crippen LogP contribution in [0.4, 0.5) is 0 Å². The molecular weight excluding hydrogens is 290 g/mol. The van der Waals surface area contributed by atoms with Gasteiger partial charge in [-0.15, -0.1) is 0 Å². The Morgan fingerprint density at radius 1 is 1.32 bits per heavy atom. The number of carbonyl (C=O) groups excluding carboxylic acids is 2. The first-order valence-electron chi connectivity index (χ1n) is 6.60. The van der Waals surface area contributed by atoms with E-state index >= 15 is 0 Å². The zero-order valence-corrected chi connectivity index (χ0v) is 12.4. The molecule has 2 amide bonds. The lowest BCUT2D eigenvalue weighted by Gasteiger charge is -2.12. The summed E-state index contributed by atoms with van der Waals surface area (Å²) < 4.78 is 5.10. The quantitative estimate of drug-likeness (QED) is 0.541. The van der Waals surface area contributed by atoms with Crippen LogP contribution in [0.3, 0.4) is 0 Å². The molecular formula is C14H19N3O5. The lowest BCUT2D eigenvalue weighted by Crippen LogP contribution is -2.38. The van der Waals surface area contributed by atoms with Crippen molar-refractivity contribution >= 4 is 17.8 Å². The number of carbonyl (C=O) groups is 3. The van der Waals surface area contributed by atoms with E-state index in [-0.39, 0.29) is 22.8 Å². The van der Waals surface area contributed by atoms with Crippen LogP contribution in [0.2, 0.25) is 0 Å². The van der Waals surface area contributed by atoms with Crippen LogP contribution in [0.1, 0.15) is 27.6 Å². The maximum Gasteiger partial charge on any atom is 0.325 e. The maximum absolute atomic E-state index is 11.9. The number of nitrogens with two attached hydrogens (primary N) is 1. The van der Waals surface area contributed by atoms with Crippen molar-refractivity contribution in [1.29, 1.82) is 0 Å². The Hall–Kier alpha value is -2.61. The van der Waals surface area contributed by atoms with Crippen molar-refractivity contribution in [3.8, 4) is 5.75 Å². The Bertz CT molecular complexity index is 574. The third-order valence-electron chi connectivity index (χ3n) is 2.86. The Kier molecular flexibility index (Phi) is 6.33. The molecule has 120 valence electrons. The molecule has 0 aliphatic carbocycles. The van der Waals surface area contributed by atoms with Gasteiger partial charge >= 0.3 is 5.97 Å². The summed E-state index contributed by atoms with van der Waals surface area (Å²) >= 11 is 0. The highest BCUT2D eigenvalue weighted by molar-refractivity contribution is 6.01. The average molecular weight is 309 g/mol. The highest BCUT2D eigenvalue weighted by Crippen LogP contribution is 2.20. The molecule has 1 unspecified atom stereocenters. The van der Waals surface area contributed by atoms with Gasteiger partial charge in [0, 0.05) is 18.7 Å². The molecule has 0 radical (unpaired) electrons. The van der Waals surface area contributed by atoms with E-state index in [4.69, 9.17) is 15.6 Å². The predicted molar refractivity (Wildman–Crippen MR) is 78.9 cm³/mol. The molecule has 0 aromatic heterocycles. The SMILES string of the molecule is COc1cc(C(=O)NC(C)C(=O)O)ccc1C(=O)NCCN. The monoisotopic (exact) mass is 309 g/mol. The number of hydrogen-bond acceptors (Lipinski definition) is 5. The van der Waals surface area contributed by atoms with E-state index in [1.807, 2.05) is 0 Å². The van der Waals surface area contributed by atoms with Crippen LogP contribution in [-0.2, 0) is 4.79 Å². The molecule has 0 fully saturated rings. The number of carboxylic acid groups (broad SMARTS) is 1. The van der Waals surface area contributed by atoms with Gasteiger partial charge in [-0.05, 0) is 25.1 Å². The summed E-state index contributed by atoms with van der Waals surface area (Å²) in [5.41, 5.74) is 5.77. The molecule has 0 heterocycles. The lowest BCUT2D eigenvalue weighted by atomic mass is 10.1. The van der Waals surface area contributed by atoms with E-state index in [1.165, 1.54) is 32.2 Å². The Morgan fingerprint density at radius 2 is 2.00 bits per heavy atom. The zero-order valence-electron chi connectivity index (χ0n) is 12.4. The van der Waals surface area contributed by atoms with E-state index in [9.17, 15) is 14.4 Å². The largest absolute Gasteiger partial charge is 0.496 e. The first kappa shape index (κ1) is 17.4. The summed E-state index contributed by atoms with van der Waals surface area (Å²) in [4.78, 5) is 34.6. The van der Waals surface area contributed by atoms with Crippen LogP contribution in [-0.4, -0.2) is 49.1 Å². The van der Waals surface area contributed by atoms with E-state index in [0.29, 0.717) is 13.1 Å². The highest BCUT2D eigenvalue weighted by Gasteiger charge is 2.18. The van der Waals surface area contributed by atoms with Crippen molar-refractivity contribution in [3.05, 3.63) is 29.3 Å². The minimum atomic E-state index is -1.14. The standard InChI is InChI=1S/C14H19N3O5/c1-8(14(20)21)17-12(18)9-3-4-10(11(7-9)22-2)13(19)16-6-5-15/h3-4,7-8H,5-6,15H2,1-2H3,(H,16,19)(H,17,18)(H,20,21). The number of nitrogens with one attached hydrogen (secondary N) is 2. The van der Waals surface area contributed by atoms with Crippen molar-refractivity contribution < 1.29 is 24.2 Å². The Labute approximate surface area is 127 Å². The molecule has 0 saturated carbocycles. The molecule has 22 heavy (non-hydrogen) atoms. The molecule has 5 N–H and O–H groups in total. The van der Waals surface area contributed by atoms with Crippen LogP contribution in [0, 0.1) is 0 Å². The molecule has 1 aromatic rings. The van der Waals surface area contributed by atoms with Gasteiger partial charge < -0.3 is 26.2 Å². The van der Waals surface area contributed by atoms with Crippen LogP contribution in [0.15, 0.2) is 18.2 Å². The minimum Gasteiger partial charge on any atom is -0.496 e. The van der Waals surface area contributed by atoms with Gasteiger partial charge in [0.1, 0.15) is 11.8 Å². The second-order valence-electron chi connectivity index (χ2n) is 4.49. The van der Waals surface area contributed by atoms with Gasteiger partial charge in [0.25, 0.3) is 11.8 Å². The topological polar surface area (TPSA) is 131 Å². The summed E-state index contributed by atoms with van der Waals surface area (Å²) in [6.45, 7) is 1.98. The fourth-order valence-electron chi connectivity index (χ4n) is 1.64. The number of amides is 2. The Morgan fingerprint density at radius 3 is 2.55 bits per heavy atom. The molecule has 0 bridgehead atoms. The smallest absolute Gasteiger partial charge is 0.325 e. The number of rotatable bonds is 7. The number of benzene rings is 1. The summed E-state index contributed by atoms with van der Waals surface area (Å²) in [6.07, 6.45) is 0. The van der Waals surface area contributed by atoms with Crippen molar-refractivity contribution in [2.75, 3.05) is 20.2 Å². The second kappa shape index (κ2) is 7.99. The van der Waals surface area contributed by atoms with Crippen LogP contribution < -0.4 is 21.1 Å².